The van der Waals surface area contributed by atoms with Crippen LogP contribution >= 0.6 is 11.6 Å². The Morgan fingerprint density at radius 3 is 2.21 bits per heavy atom. The summed E-state index contributed by atoms with van der Waals surface area (Å²) >= 11 is 6.20. The summed E-state index contributed by atoms with van der Waals surface area (Å²) in [5.41, 5.74) is 1.92. The van der Waals surface area contributed by atoms with Crippen molar-refractivity contribution < 1.29 is 27.5 Å². The normalized spacial score (nSPS) is 12.6. The molecule has 0 aliphatic rings. The van der Waals surface area contributed by atoms with Gasteiger partial charge in [0.15, 0.2) is 11.5 Å². The largest absolute Gasteiger partial charge is 0.493 e. The van der Waals surface area contributed by atoms with Crippen molar-refractivity contribution in [2.45, 2.75) is 57.6 Å². The van der Waals surface area contributed by atoms with Crippen LogP contribution in [0.4, 0.5) is 5.69 Å². The van der Waals surface area contributed by atoms with Crippen molar-refractivity contribution >= 4 is 39.1 Å². The quantitative estimate of drug-likeness (QED) is 0.284. The third-order valence-electron chi connectivity index (χ3n) is 6.95. The minimum atomic E-state index is -4.27. The molecule has 0 aromatic heterocycles. The molecule has 3 aromatic carbocycles. The minimum Gasteiger partial charge on any atom is -0.493 e. The molecule has 0 unspecified atom stereocenters. The Balaban J connectivity index is 2.06. The van der Waals surface area contributed by atoms with Crippen LogP contribution in [0.3, 0.4) is 0 Å². The number of benzene rings is 3. The number of nitrogens with zero attached hydrogens (tertiary/aromatic N) is 2. The number of rotatable bonds is 13. The molecule has 0 heterocycles. The van der Waals surface area contributed by atoms with Gasteiger partial charge in [-0.15, -0.1) is 0 Å². The Morgan fingerprint density at radius 2 is 1.62 bits per heavy atom. The van der Waals surface area contributed by atoms with Crippen molar-refractivity contribution in [2.24, 2.45) is 0 Å². The van der Waals surface area contributed by atoms with Crippen LogP contribution in [0.2, 0.25) is 5.02 Å². The molecule has 0 radical (unpaired) electrons. The van der Waals surface area contributed by atoms with E-state index in [1.165, 1.54) is 37.3 Å². The van der Waals surface area contributed by atoms with Crippen LogP contribution in [-0.2, 0) is 26.2 Å². The summed E-state index contributed by atoms with van der Waals surface area (Å²) in [5, 5.41) is 3.40. The molecular weight excluding hydrogens is 578 g/mol. The van der Waals surface area contributed by atoms with Gasteiger partial charge in [-0.05, 0) is 69.2 Å². The number of carbonyl (C=O) groups is 2. The molecule has 3 aromatic rings. The third kappa shape index (κ3) is 7.95. The number of aryl methyl sites for hydroxylation is 1. The zero-order chi connectivity index (χ0) is 31.0. The van der Waals surface area contributed by atoms with Crippen molar-refractivity contribution in [1.82, 2.24) is 10.2 Å². The molecule has 0 bridgehead atoms. The second kappa shape index (κ2) is 14.4. The van der Waals surface area contributed by atoms with E-state index in [4.69, 9.17) is 21.1 Å². The molecule has 0 spiro atoms. The van der Waals surface area contributed by atoms with E-state index in [1.54, 1.807) is 55.5 Å². The lowest BCUT2D eigenvalue weighted by Gasteiger charge is -2.32. The van der Waals surface area contributed by atoms with Crippen LogP contribution in [0.15, 0.2) is 71.6 Å². The van der Waals surface area contributed by atoms with Crippen LogP contribution in [0.25, 0.3) is 0 Å². The second-order valence-electron chi connectivity index (χ2n) is 10.0. The topological polar surface area (TPSA) is 105 Å². The second-order valence-corrected chi connectivity index (χ2v) is 12.3. The van der Waals surface area contributed by atoms with Crippen LogP contribution in [0.1, 0.15) is 38.3 Å². The van der Waals surface area contributed by atoms with Crippen LogP contribution in [-0.4, -0.2) is 58.0 Å². The van der Waals surface area contributed by atoms with Crippen molar-refractivity contribution in [3.8, 4) is 11.5 Å². The Kier molecular flexibility index (Phi) is 11.2. The number of sulfonamides is 1. The molecule has 0 saturated carbocycles. The van der Waals surface area contributed by atoms with Crippen molar-refractivity contribution in [1.29, 1.82) is 0 Å². The van der Waals surface area contributed by atoms with Gasteiger partial charge in [0.05, 0.1) is 24.8 Å². The van der Waals surface area contributed by atoms with Crippen molar-refractivity contribution in [2.75, 3.05) is 25.1 Å². The highest BCUT2D eigenvalue weighted by Gasteiger charge is 2.33. The Hall–Kier alpha value is -3.76. The highest BCUT2D eigenvalue weighted by molar-refractivity contribution is 7.92. The van der Waals surface area contributed by atoms with E-state index in [0.717, 1.165) is 9.87 Å². The standard InChI is InChI=1S/C31H38ClN3O6S/c1-7-22(3)33-31(37)23(4)34(19-24-9-8-10-25(32)17-24)30(36)20-35(26-13-11-21(2)12-14-26)42(38,39)27-15-16-28(40-5)29(18-27)41-6/h8-18,22-23H,7,19-20H2,1-6H3,(H,33,37)/t22-,23-/m0/s1. The fourth-order valence-corrected chi connectivity index (χ4v) is 5.87. The van der Waals surface area contributed by atoms with Gasteiger partial charge in [-0.25, -0.2) is 8.42 Å². The number of amides is 2. The summed E-state index contributed by atoms with van der Waals surface area (Å²) in [4.78, 5) is 28.5. The molecule has 226 valence electrons. The number of ether oxygens (including phenoxy) is 2. The Labute approximate surface area is 253 Å². The van der Waals surface area contributed by atoms with Gasteiger partial charge >= 0.3 is 0 Å². The van der Waals surface area contributed by atoms with Gasteiger partial charge < -0.3 is 19.7 Å². The molecule has 3 rings (SSSR count). The summed E-state index contributed by atoms with van der Waals surface area (Å²) in [5.74, 6) is -0.314. The molecule has 0 fully saturated rings. The van der Waals surface area contributed by atoms with Gasteiger partial charge in [0, 0.05) is 23.7 Å². The first-order chi connectivity index (χ1) is 19.9. The van der Waals surface area contributed by atoms with E-state index >= 15 is 0 Å². The Morgan fingerprint density at radius 1 is 0.952 bits per heavy atom. The van der Waals surface area contributed by atoms with E-state index in [-0.39, 0.29) is 29.1 Å². The maximum absolute atomic E-state index is 14.1. The number of methoxy groups -OCH3 is 2. The highest BCUT2D eigenvalue weighted by atomic mass is 35.5. The zero-order valence-electron chi connectivity index (χ0n) is 24.8. The van der Waals surface area contributed by atoms with Gasteiger partial charge in [-0.3, -0.25) is 13.9 Å². The van der Waals surface area contributed by atoms with E-state index in [1.807, 2.05) is 20.8 Å². The fourth-order valence-electron chi connectivity index (χ4n) is 4.22. The number of hydrogen-bond acceptors (Lipinski definition) is 6. The zero-order valence-corrected chi connectivity index (χ0v) is 26.3. The monoisotopic (exact) mass is 615 g/mol. The first kappa shape index (κ1) is 32.8. The molecule has 2 amide bonds. The van der Waals surface area contributed by atoms with Crippen LogP contribution < -0.4 is 19.1 Å². The van der Waals surface area contributed by atoms with E-state index in [2.05, 4.69) is 5.32 Å². The summed E-state index contributed by atoms with van der Waals surface area (Å²) in [6.07, 6.45) is 0.714. The van der Waals surface area contributed by atoms with Crippen LogP contribution in [0, 0.1) is 6.92 Å². The maximum Gasteiger partial charge on any atom is 0.264 e. The predicted octanol–water partition coefficient (Wildman–Crippen LogP) is 5.19. The lowest BCUT2D eigenvalue weighted by Crippen LogP contribution is -2.52. The number of carbonyl (C=O) groups excluding carboxylic acids is 2. The first-order valence-corrected chi connectivity index (χ1v) is 15.4. The molecular formula is C31H38ClN3O6S. The van der Waals surface area contributed by atoms with Gasteiger partial charge in [0.2, 0.25) is 11.8 Å². The number of anilines is 1. The number of nitrogens with one attached hydrogen (secondary N) is 1. The molecule has 0 aliphatic heterocycles. The maximum atomic E-state index is 14.1. The molecule has 9 nitrogen and oxygen atoms in total. The van der Waals surface area contributed by atoms with Crippen LogP contribution in [0.5, 0.6) is 11.5 Å². The Bertz CT molecular complexity index is 1500. The van der Waals surface area contributed by atoms with E-state index in [9.17, 15) is 18.0 Å². The van der Waals surface area contributed by atoms with Crippen molar-refractivity contribution in [3.05, 3.63) is 82.9 Å². The van der Waals surface area contributed by atoms with E-state index in [0.29, 0.717) is 28.4 Å². The average molecular weight is 616 g/mol. The smallest absolute Gasteiger partial charge is 0.264 e. The summed E-state index contributed by atoms with van der Waals surface area (Å²) in [7, 11) is -1.41. The molecule has 0 saturated heterocycles. The minimum absolute atomic E-state index is 0.0482. The average Bonchev–Trinajstić information content (AvgIpc) is 2.98. The lowest BCUT2D eigenvalue weighted by molar-refractivity contribution is -0.139. The molecule has 42 heavy (non-hydrogen) atoms. The third-order valence-corrected chi connectivity index (χ3v) is 8.96. The molecule has 2 atom stereocenters. The molecule has 1 N–H and O–H groups in total. The summed E-state index contributed by atoms with van der Waals surface area (Å²) < 4.78 is 39.8. The molecule has 11 heteroatoms. The first-order valence-electron chi connectivity index (χ1n) is 13.6. The summed E-state index contributed by atoms with van der Waals surface area (Å²) in [6, 6.07) is 17.0. The number of hydrogen-bond donors (Lipinski definition) is 1. The van der Waals surface area contributed by atoms with Gasteiger partial charge in [-0.1, -0.05) is 48.4 Å². The SMILES string of the molecule is CC[C@H](C)NC(=O)[C@H](C)N(Cc1cccc(Cl)c1)C(=O)CN(c1ccc(C)cc1)S(=O)(=O)c1ccc(OC)c(OC)c1. The van der Waals surface area contributed by atoms with Gasteiger partial charge in [0.25, 0.3) is 10.0 Å². The highest BCUT2D eigenvalue weighted by Crippen LogP contribution is 2.32. The fraction of sp³-hybridized carbons (Fsp3) is 0.355. The van der Waals surface area contributed by atoms with Gasteiger partial charge in [0.1, 0.15) is 12.6 Å². The van der Waals surface area contributed by atoms with Gasteiger partial charge in [-0.2, -0.15) is 0 Å². The summed E-state index contributed by atoms with van der Waals surface area (Å²) in [6.45, 7) is 6.82. The van der Waals surface area contributed by atoms with E-state index < -0.39 is 28.5 Å². The van der Waals surface area contributed by atoms with Crippen molar-refractivity contribution in [3.63, 3.8) is 0 Å². The number of halogens is 1. The lowest BCUT2D eigenvalue weighted by atomic mass is 10.1. The predicted molar refractivity (Wildman–Crippen MR) is 165 cm³/mol. The molecule has 0 aliphatic carbocycles.